The van der Waals surface area contributed by atoms with Gasteiger partial charge in [-0.25, -0.2) is 9.97 Å². The van der Waals surface area contributed by atoms with E-state index in [-0.39, 0.29) is 11.8 Å². The first-order valence-electron chi connectivity index (χ1n) is 11.2. The molecule has 6 heteroatoms. The maximum atomic E-state index is 13.6. The molecule has 0 fully saturated rings. The van der Waals surface area contributed by atoms with E-state index in [0.717, 1.165) is 39.6 Å². The molecule has 0 unspecified atom stereocenters. The van der Waals surface area contributed by atoms with Crippen molar-refractivity contribution < 1.29 is 4.79 Å². The van der Waals surface area contributed by atoms with E-state index >= 15 is 0 Å². The molecule has 0 N–H and O–H groups in total. The first kappa shape index (κ1) is 21.1. The summed E-state index contributed by atoms with van der Waals surface area (Å²) in [5.41, 5.74) is 7.08. The monoisotopic (exact) mass is 437 g/mol. The summed E-state index contributed by atoms with van der Waals surface area (Å²) in [5, 5.41) is 4.86. The zero-order valence-electron chi connectivity index (χ0n) is 19.4. The Balaban J connectivity index is 1.71. The molecule has 2 aromatic carbocycles. The molecule has 0 spiro atoms. The van der Waals surface area contributed by atoms with Crippen LogP contribution < -0.4 is 4.90 Å². The Morgan fingerprint density at radius 1 is 0.909 bits per heavy atom. The summed E-state index contributed by atoms with van der Waals surface area (Å²) in [6.07, 6.45) is 0.406. The second kappa shape index (κ2) is 8.28. The second-order valence-electron chi connectivity index (χ2n) is 8.82. The van der Waals surface area contributed by atoms with Crippen LogP contribution in [0, 0.1) is 27.7 Å². The van der Waals surface area contributed by atoms with Crippen LogP contribution in [0.3, 0.4) is 0 Å². The lowest BCUT2D eigenvalue weighted by molar-refractivity contribution is -0.119. The number of anilines is 1. The molecule has 2 aromatic heterocycles. The number of hydrogen-bond acceptors (Lipinski definition) is 4. The van der Waals surface area contributed by atoms with E-state index in [9.17, 15) is 4.79 Å². The number of hydrogen-bond donors (Lipinski definition) is 0. The van der Waals surface area contributed by atoms with Gasteiger partial charge < -0.3 is 0 Å². The van der Waals surface area contributed by atoms with Gasteiger partial charge in [0.2, 0.25) is 5.91 Å². The quantitative estimate of drug-likeness (QED) is 0.452. The van der Waals surface area contributed by atoms with Crippen molar-refractivity contribution in [3.63, 3.8) is 0 Å². The first-order valence-corrected chi connectivity index (χ1v) is 11.2. The molecule has 3 heterocycles. The molecule has 0 radical (unpaired) electrons. The Morgan fingerprint density at radius 2 is 1.58 bits per heavy atom. The summed E-state index contributed by atoms with van der Waals surface area (Å²) in [7, 11) is 0. The van der Waals surface area contributed by atoms with Gasteiger partial charge in [-0.05, 0) is 44.9 Å². The van der Waals surface area contributed by atoms with E-state index in [1.165, 1.54) is 5.56 Å². The predicted molar refractivity (Wildman–Crippen MR) is 129 cm³/mol. The normalized spacial score (nSPS) is 15.6. The minimum Gasteiger partial charge on any atom is -0.292 e. The van der Waals surface area contributed by atoms with E-state index in [2.05, 4.69) is 41.2 Å². The highest BCUT2D eigenvalue weighted by Gasteiger charge is 2.38. The number of aromatic nitrogens is 4. The van der Waals surface area contributed by atoms with Gasteiger partial charge in [0, 0.05) is 29.3 Å². The largest absolute Gasteiger partial charge is 0.292 e. The lowest BCUT2D eigenvalue weighted by Gasteiger charge is -2.33. The number of aryl methyl sites for hydroxylation is 4. The van der Waals surface area contributed by atoms with Crippen molar-refractivity contribution in [3.8, 4) is 5.95 Å². The molecule has 0 saturated heterocycles. The summed E-state index contributed by atoms with van der Waals surface area (Å²) in [6, 6.07) is 20.4. The SMILES string of the molecule is Cc1ccc([C@@H]2CC(=O)N(Cc3ccccc3)c3c2c(C)nn3-c2nc(C)cc(C)n2)cc1. The van der Waals surface area contributed by atoms with Gasteiger partial charge in [-0.15, -0.1) is 0 Å². The van der Waals surface area contributed by atoms with Crippen molar-refractivity contribution in [2.24, 2.45) is 0 Å². The average molecular weight is 438 g/mol. The Kier molecular flexibility index (Phi) is 5.29. The van der Waals surface area contributed by atoms with Gasteiger partial charge in [-0.2, -0.15) is 9.78 Å². The van der Waals surface area contributed by atoms with Crippen molar-refractivity contribution in [3.05, 3.63) is 100.0 Å². The average Bonchev–Trinajstić information content (AvgIpc) is 3.13. The van der Waals surface area contributed by atoms with Crippen LogP contribution in [0.15, 0.2) is 60.7 Å². The van der Waals surface area contributed by atoms with Gasteiger partial charge in [0.15, 0.2) is 0 Å². The second-order valence-corrected chi connectivity index (χ2v) is 8.82. The van der Waals surface area contributed by atoms with Crippen LogP contribution in [0.4, 0.5) is 5.82 Å². The van der Waals surface area contributed by atoms with Crippen molar-refractivity contribution in [1.82, 2.24) is 19.7 Å². The van der Waals surface area contributed by atoms with Gasteiger partial charge in [0.05, 0.1) is 12.2 Å². The Morgan fingerprint density at radius 3 is 2.24 bits per heavy atom. The Hall–Kier alpha value is -3.80. The minimum absolute atomic E-state index is 0.0558. The summed E-state index contributed by atoms with van der Waals surface area (Å²) < 4.78 is 1.76. The summed E-state index contributed by atoms with van der Waals surface area (Å²) in [6.45, 7) is 8.45. The standard InChI is InChI=1S/C27H27N5O/c1-17-10-12-22(13-11-17)23-15-24(33)31(16-21-8-6-5-7-9-21)26-25(23)20(4)30-32(26)27-28-18(2)14-19(3)29-27/h5-14,23H,15-16H2,1-4H3/t23-/m0/s1. The van der Waals surface area contributed by atoms with Crippen molar-refractivity contribution in [2.45, 2.75) is 46.6 Å². The summed E-state index contributed by atoms with van der Waals surface area (Å²) in [5.74, 6) is 1.28. The van der Waals surface area contributed by atoms with Gasteiger partial charge in [0.25, 0.3) is 5.95 Å². The van der Waals surface area contributed by atoms with Crippen molar-refractivity contribution in [2.75, 3.05) is 4.90 Å². The molecule has 33 heavy (non-hydrogen) atoms. The Labute approximate surface area is 193 Å². The van der Waals surface area contributed by atoms with Crippen molar-refractivity contribution in [1.29, 1.82) is 0 Å². The maximum absolute atomic E-state index is 13.6. The molecule has 5 rings (SSSR count). The summed E-state index contributed by atoms with van der Waals surface area (Å²) in [4.78, 5) is 24.7. The van der Waals surface area contributed by atoms with Crippen LogP contribution in [-0.4, -0.2) is 25.7 Å². The number of carbonyl (C=O) groups is 1. The van der Waals surface area contributed by atoms with Gasteiger partial charge in [0.1, 0.15) is 5.82 Å². The molecule has 0 bridgehead atoms. The molecule has 1 aliphatic heterocycles. The lowest BCUT2D eigenvalue weighted by Crippen LogP contribution is -2.38. The number of benzene rings is 2. The molecule has 0 aliphatic carbocycles. The minimum atomic E-state index is -0.0558. The van der Waals surface area contributed by atoms with Crippen LogP contribution in [-0.2, 0) is 11.3 Å². The van der Waals surface area contributed by atoms with E-state index in [1.807, 2.05) is 62.1 Å². The third-order valence-electron chi connectivity index (χ3n) is 6.19. The molecule has 4 aromatic rings. The molecule has 166 valence electrons. The number of amides is 1. The molecule has 0 saturated carbocycles. The maximum Gasteiger partial charge on any atom is 0.252 e. The molecular weight excluding hydrogens is 410 g/mol. The number of nitrogens with zero attached hydrogens (tertiary/aromatic N) is 5. The predicted octanol–water partition coefficient (Wildman–Crippen LogP) is 4.96. The number of rotatable bonds is 4. The first-order chi connectivity index (χ1) is 15.9. The van der Waals surface area contributed by atoms with E-state index in [4.69, 9.17) is 5.10 Å². The fourth-order valence-corrected chi connectivity index (χ4v) is 4.65. The highest BCUT2D eigenvalue weighted by molar-refractivity contribution is 5.97. The lowest BCUT2D eigenvalue weighted by atomic mass is 9.84. The van der Waals surface area contributed by atoms with Crippen LogP contribution in [0.5, 0.6) is 0 Å². The highest BCUT2D eigenvalue weighted by Crippen LogP contribution is 2.43. The van der Waals surface area contributed by atoms with E-state index in [0.29, 0.717) is 18.9 Å². The fraction of sp³-hybridized carbons (Fsp3) is 0.259. The van der Waals surface area contributed by atoms with Crippen LogP contribution in [0.25, 0.3) is 5.95 Å². The third kappa shape index (κ3) is 3.93. The fourth-order valence-electron chi connectivity index (χ4n) is 4.65. The van der Waals surface area contributed by atoms with Gasteiger partial charge >= 0.3 is 0 Å². The van der Waals surface area contributed by atoms with Crippen molar-refractivity contribution >= 4 is 11.7 Å². The zero-order valence-corrected chi connectivity index (χ0v) is 19.4. The molecule has 6 nitrogen and oxygen atoms in total. The van der Waals surface area contributed by atoms with Gasteiger partial charge in [-0.1, -0.05) is 60.2 Å². The van der Waals surface area contributed by atoms with Crippen LogP contribution >= 0.6 is 0 Å². The Bertz CT molecular complexity index is 1300. The molecule has 1 amide bonds. The van der Waals surface area contributed by atoms with Gasteiger partial charge in [-0.3, -0.25) is 9.69 Å². The number of carbonyl (C=O) groups excluding carboxylic acids is 1. The summed E-state index contributed by atoms with van der Waals surface area (Å²) >= 11 is 0. The number of fused-ring (bicyclic) bond motifs is 1. The topological polar surface area (TPSA) is 63.9 Å². The third-order valence-corrected chi connectivity index (χ3v) is 6.19. The molecule has 1 atom stereocenters. The van der Waals surface area contributed by atoms with E-state index < -0.39 is 0 Å². The van der Waals surface area contributed by atoms with Crippen LogP contribution in [0.1, 0.15) is 51.7 Å². The van der Waals surface area contributed by atoms with Crippen LogP contribution in [0.2, 0.25) is 0 Å². The highest BCUT2D eigenvalue weighted by atomic mass is 16.2. The molecule has 1 aliphatic rings. The molecular formula is C27H27N5O. The van der Waals surface area contributed by atoms with E-state index in [1.54, 1.807) is 4.68 Å². The zero-order chi connectivity index (χ0) is 23.1. The smallest absolute Gasteiger partial charge is 0.252 e.